The van der Waals surface area contributed by atoms with Gasteiger partial charge in [-0.25, -0.2) is 4.98 Å². The Balaban J connectivity index is 0.00000240. The SMILES string of the molecule is Cl.Nc1nc(NCc2ccc(C(=O)Nc3ccccc3N)cc2)c2[nH]cnc2n1. The fraction of sp³-hybridized carbons (Fsp3) is 0.0526. The van der Waals surface area contributed by atoms with Crippen LogP contribution in [0.3, 0.4) is 0 Å². The molecule has 2 aromatic heterocycles. The van der Waals surface area contributed by atoms with Gasteiger partial charge < -0.3 is 27.1 Å². The lowest BCUT2D eigenvalue weighted by atomic mass is 10.1. The molecule has 0 radical (unpaired) electrons. The molecule has 0 saturated heterocycles. The van der Waals surface area contributed by atoms with Crippen molar-refractivity contribution >= 4 is 52.6 Å². The molecule has 29 heavy (non-hydrogen) atoms. The van der Waals surface area contributed by atoms with Crippen LogP contribution in [-0.4, -0.2) is 25.8 Å². The molecule has 0 aliphatic carbocycles. The van der Waals surface area contributed by atoms with E-state index in [1.807, 2.05) is 24.3 Å². The lowest BCUT2D eigenvalue weighted by molar-refractivity contribution is 0.102. The van der Waals surface area contributed by atoms with Gasteiger partial charge in [0.2, 0.25) is 5.95 Å². The van der Waals surface area contributed by atoms with Crippen LogP contribution in [-0.2, 0) is 6.54 Å². The Morgan fingerprint density at radius 1 is 1.03 bits per heavy atom. The minimum atomic E-state index is -0.222. The maximum atomic E-state index is 12.4. The van der Waals surface area contributed by atoms with Crippen LogP contribution in [0.5, 0.6) is 0 Å². The summed E-state index contributed by atoms with van der Waals surface area (Å²) >= 11 is 0. The van der Waals surface area contributed by atoms with E-state index in [2.05, 4.69) is 30.6 Å². The van der Waals surface area contributed by atoms with Crippen LogP contribution < -0.4 is 22.1 Å². The van der Waals surface area contributed by atoms with Crippen molar-refractivity contribution in [3.8, 4) is 0 Å². The molecule has 0 aliphatic rings. The van der Waals surface area contributed by atoms with Crippen LogP contribution in [0, 0.1) is 0 Å². The maximum Gasteiger partial charge on any atom is 0.255 e. The maximum absolute atomic E-state index is 12.4. The molecule has 1 amide bonds. The fourth-order valence-corrected chi connectivity index (χ4v) is 2.74. The third-order valence-electron chi connectivity index (χ3n) is 4.19. The zero-order valence-corrected chi connectivity index (χ0v) is 16.0. The third-order valence-corrected chi connectivity index (χ3v) is 4.19. The lowest BCUT2D eigenvalue weighted by Gasteiger charge is -2.09. The molecule has 2 heterocycles. The number of nitrogen functional groups attached to an aromatic ring is 2. The van der Waals surface area contributed by atoms with Crippen LogP contribution in [0.15, 0.2) is 54.9 Å². The monoisotopic (exact) mass is 410 g/mol. The Kier molecular flexibility index (Phi) is 5.79. The second kappa shape index (κ2) is 8.44. The van der Waals surface area contributed by atoms with Gasteiger partial charge in [-0.05, 0) is 29.8 Å². The number of benzene rings is 2. The number of hydrogen-bond acceptors (Lipinski definition) is 7. The number of rotatable bonds is 5. The largest absolute Gasteiger partial charge is 0.397 e. The van der Waals surface area contributed by atoms with E-state index in [0.717, 1.165) is 5.56 Å². The Labute approximate surface area is 172 Å². The number of anilines is 4. The lowest BCUT2D eigenvalue weighted by Crippen LogP contribution is -2.13. The molecular formula is C19H19ClN8O. The Morgan fingerprint density at radius 2 is 1.79 bits per heavy atom. The molecule has 10 heteroatoms. The van der Waals surface area contributed by atoms with E-state index >= 15 is 0 Å². The van der Waals surface area contributed by atoms with Gasteiger partial charge in [0.1, 0.15) is 5.52 Å². The van der Waals surface area contributed by atoms with Crippen molar-refractivity contribution in [2.75, 3.05) is 22.1 Å². The van der Waals surface area contributed by atoms with Crippen molar-refractivity contribution < 1.29 is 4.79 Å². The van der Waals surface area contributed by atoms with Crippen molar-refractivity contribution in [1.82, 2.24) is 19.9 Å². The van der Waals surface area contributed by atoms with Crippen molar-refractivity contribution in [3.63, 3.8) is 0 Å². The molecule has 9 nitrogen and oxygen atoms in total. The normalized spacial score (nSPS) is 10.3. The van der Waals surface area contributed by atoms with Crippen LogP contribution in [0.1, 0.15) is 15.9 Å². The number of H-pyrrole nitrogens is 1. The number of amides is 1. The highest BCUT2D eigenvalue weighted by atomic mass is 35.5. The summed E-state index contributed by atoms with van der Waals surface area (Å²) in [6, 6.07) is 14.4. The zero-order chi connectivity index (χ0) is 19.5. The molecule has 0 spiro atoms. The molecule has 4 rings (SSSR count). The number of halogens is 1. The van der Waals surface area contributed by atoms with Crippen molar-refractivity contribution in [1.29, 1.82) is 0 Å². The summed E-state index contributed by atoms with van der Waals surface area (Å²) in [5.41, 5.74) is 15.4. The van der Waals surface area contributed by atoms with Crippen LogP contribution in [0.2, 0.25) is 0 Å². The van der Waals surface area contributed by atoms with Gasteiger partial charge >= 0.3 is 0 Å². The summed E-state index contributed by atoms with van der Waals surface area (Å²) in [7, 11) is 0. The average molecular weight is 411 g/mol. The van der Waals surface area contributed by atoms with Crippen LogP contribution in [0.4, 0.5) is 23.1 Å². The third kappa shape index (κ3) is 4.36. The highest BCUT2D eigenvalue weighted by molar-refractivity contribution is 6.05. The summed E-state index contributed by atoms with van der Waals surface area (Å²) < 4.78 is 0. The van der Waals surface area contributed by atoms with Gasteiger partial charge in [-0.1, -0.05) is 24.3 Å². The highest BCUT2D eigenvalue weighted by Gasteiger charge is 2.10. The summed E-state index contributed by atoms with van der Waals surface area (Å²) in [6.45, 7) is 0.498. The minimum absolute atomic E-state index is 0. The first-order chi connectivity index (χ1) is 13.6. The number of carbonyl (C=O) groups is 1. The molecule has 0 bridgehead atoms. The number of fused-ring (bicyclic) bond motifs is 1. The second-order valence-electron chi connectivity index (χ2n) is 6.12. The minimum Gasteiger partial charge on any atom is -0.397 e. The van der Waals surface area contributed by atoms with Crippen molar-refractivity contribution in [2.45, 2.75) is 6.54 Å². The standard InChI is InChI=1S/C19H18N8O.ClH/c20-13-3-1-2-4-14(13)25-18(28)12-7-5-11(6-8-12)9-22-16-15-17(24-10-23-15)27-19(21)26-16;/h1-8,10H,9,20H2,(H,25,28)(H4,21,22,23,24,26,27);1H. The summed E-state index contributed by atoms with van der Waals surface area (Å²) in [5, 5.41) is 6.01. The van der Waals surface area contributed by atoms with Crippen LogP contribution in [0.25, 0.3) is 11.2 Å². The van der Waals surface area contributed by atoms with Crippen molar-refractivity contribution in [2.24, 2.45) is 0 Å². The predicted molar refractivity (Wildman–Crippen MR) is 116 cm³/mol. The number of hydrogen-bond donors (Lipinski definition) is 5. The number of carbonyl (C=O) groups excluding carboxylic acids is 1. The quantitative estimate of drug-likeness (QED) is 0.317. The summed E-state index contributed by atoms with van der Waals surface area (Å²) in [6.07, 6.45) is 1.54. The van der Waals surface area contributed by atoms with Gasteiger partial charge in [0, 0.05) is 12.1 Å². The fourth-order valence-electron chi connectivity index (χ4n) is 2.74. The Bertz CT molecular complexity index is 1140. The molecule has 2 aromatic carbocycles. The van der Waals surface area contributed by atoms with E-state index in [9.17, 15) is 4.79 Å². The summed E-state index contributed by atoms with van der Waals surface area (Å²) in [4.78, 5) is 27.7. The molecule has 148 valence electrons. The Morgan fingerprint density at radius 3 is 2.55 bits per heavy atom. The molecular weight excluding hydrogens is 392 g/mol. The smallest absolute Gasteiger partial charge is 0.255 e. The van der Waals surface area contributed by atoms with E-state index in [0.29, 0.717) is 40.5 Å². The van der Waals surface area contributed by atoms with Gasteiger partial charge in [0.25, 0.3) is 5.91 Å². The number of nitrogens with zero attached hydrogens (tertiary/aromatic N) is 3. The van der Waals surface area contributed by atoms with Crippen LogP contribution >= 0.6 is 12.4 Å². The topological polar surface area (TPSA) is 148 Å². The summed E-state index contributed by atoms with van der Waals surface area (Å²) in [5.74, 6) is 0.496. The predicted octanol–water partition coefficient (Wildman–Crippen LogP) is 2.80. The number of nitrogens with two attached hydrogens (primary N) is 2. The van der Waals surface area contributed by atoms with E-state index in [1.54, 1.807) is 24.3 Å². The molecule has 0 atom stereocenters. The van der Waals surface area contributed by atoms with E-state index in [-0.39, 0.29) is 24.3 Å². The first-order valence-electron chi connectivity index (χ1n) is 8.55. The van der Waals surface area contributed by atoms with Crippen molar-refractivity contribution in [3.05, 3.63) is 66.0 Å². The van der Waals surface area contributed by atoms with Gasteiger partial charge in [-0.3, -0.25) is 4.79 Å². The van der Waals surface area contributed by atoms with Gasteiger partial charge in [-0.15, -0.1) is 12.4 Å². The first-order valence-corrected chi connectivity index (χ1v) is 8.55. The average Bonchev–Trinajstić information content (AvgIpc) is 3.16. The molecule has 0 fully saturated rings. The zero-order valence-electron chi connectivity index (χ0n) is 15.2. The van der Waals surface area contributed by atoms with E-state index in [1.165, 1.54) is 6.33 Å². The number of para-hydroxylation sites is 2. The molecule has 4 aromatic rings. The number of imidazole rings is 1. The van der Waals surface area contributed by atoms with E-state index in [4.69, 9.17) is 11.5 Å². The van der Waals surface area contributed by atoms with E-state index < -0.39 is 0 Å². The molecule has 0 saturated carbocycles. The first kappa shape index (κ1) is 19.9. The molecule has 0 aliphatic heterocycles. The molecule has 7 N–H and O–H groups in total. The van der Waals surface area contributed by atoms with Gasteiger partial charge in [0.05, 0.1) is 17.7 Å². The van der Waals surface area contributed by atoms with Gasteiger partial charge in [0.15, 0.2) is 11.5 Å². The highest BCUT2D eigenvalue weighted by Crippen LogP contribution is 2.19. The Hall–Kier alpha value is -3.85. The number of nitrogens with one attached hydrogen (secondary N) is 3. The number of aromatic nitrogens is 4. The molecule has 0 unspecified atom stereocenters. The number of aromatic amines is 1. The van der Waals surface area contributed by atoms with Gasteiger partial charge in [-0.2, -0.15) is 9.97 Å². The second-order valence-corrected chi connectivity index (χ2v) is 6.12.